The van der Waals surface area contributed by atoms with Crippen LogP contribution in [0.25, 0.3) is 0 Å². The number of amides is 1. The Morgan fingerprint density at radius 1 is 1.53 bits per heavy atom. The number of ether oxygens (including phenoxy) is 1. The fraction of sp³-hybridized carbons (Fsp3) is 0.909. The van der Waals surface area contributed by atoms with Crippen LogP contribution >= 0.6 is 0 Å². The van der Waals surface area contributed by atoms with Gasteiger partial charge in [0.05, 0.1) is 6.61 Å². The summed E-state index contributed by atoms with van der Waals surface area (Å²) in [7, 11) is 1.66. The Hall–Kier alpha value is -0.610. The van der Waals surface area contributed by atoms with Crippen molar-refractivity contribution in [3.8, 4) is 0 Å². The van der Waals surface area contributed by atoms with E-state index in [1.165, 1.54) is 0 Å². The van der Waals surface area contributed by atoms with Crippen molar-refractivity contribution >= 4 is 5.91 Å². The van der Waals surface area contributed by atoms with Crippen LogP contribution in [0.2, 0.25) is 0 Å². The van der Waals surface area contributed by atoms with E-state index in [0.717, 1.165) is 12.8 Å². The van der Waals surface area contributed by atoms with Crippen molar-refractivity contribution in [3.05, 3.63) is 0 Å². The molecular weight excluding hydrogens is 192 g/mol. The maximum absolute atomic E-state index is 11.9. The first kappa shape index (κ1) is 12.5. The molecule has 88 valence electrons. The molecule has 0 aromatic carbocycles. The highest BCUT2D eigenvalue weighted by molar-refractivity contribution is 5.78. The minimum absolute atomic E-state index is 0.155. The highest BCUT2D eigenvalue weighted by Gasteiger charge is 2.33. The van der Waals surface area contributed by atoms with Gasteiger partial charge in [-0.1, -0.05) is 0 Å². The van der Waals surface area contributed by atoms with Crippen molar-refractivity contribution in [1.82, 2.24) is 4.90 Å². The zero-order valence-corrected chi connectivity index (χ0v) is 9.95. The number of rotatable bonds is 6. The number of hydrogen-bond acceptors (Lipinski definition) is 3. The predicted molar refractivity (Wildman–Crippen MR) is 59.5 cm³/mol. The van der Waals surface area contributed by atoms with E-state index in [-0.39, 0.29) is 5.91 Å². The van der Waals surface area contributed by atoms with Crippen molar-refractivity contribution in [2.45, 2.75) is 44.7 Å². The molecule has 4 heteroatoms. The second kappa shape index (κ2) is 4.94. The number of carbonyl (C=O) groups is 1. The third kappa shape index (κ3) is 4.62. The van der Waals surface area contributed by atoms with E-state index in [4.69, 9.17) is 10.5 Å². The van der Waals surface area contributed by atoms with Crippen LogP contribution in [-0.4, -0.2) is 42.6 Å². The van der Waals surface area contributed by atoms with Gasteiger partial charge in [-0.3, -0.25) is 4.79 Å². The molecule has 1 aliphatic carbocycles. The number of nitrogens with zero attached hydrogens (tertiary/aromatic N) is 1. The lowest BCUT2D eigenvalue weighted by molar-refractivity contribution is -0.133. The van der Waals surface area contributed by atoms with Crippen LogP contribution in [0.4, 0.5) is 0 Å². The van der Waals surface area contributed by atoms with Crippen molar-refractivity contribution in [2.75, 3.05) is 20.3 Å². The fourth-order valence-corrected chi connectivity index (χ4v) is 1.58. The van der Waals surface area contributed by atoms with E-state index >= 15 is 0 Å². The number of carbonyl (C=O) groups excluding carboxylic acids is 1. The molecule has 1 amide bonds. The van der Waals surface area contributed by atoms with E-state index < -0.39 is 5.54 Å². The van der Waals surface area contributed by atoms with Gasteiger partial charge in [-0.05, 0) is 26.7 Å². The van der Waals surface area contributed by atoms with Gasteiger partial charge >= 0.3 is 0 Å². The monoisotopic (exact) mass is 214 g/mol. The smallest absolute Gasteiger partial charge is 0.224 e. The van der Waals surface area contributed by atoms with Crippen LogP contribution in [0.15, 0.2) is 0 Å². The average Bonchev–Trinajstić information content (AvgIpc) is 2.85. The summed E-state index contributed by atoms with van der Waals surface area (Å²) in [6.07, 6.45) is 2.66. The standard InChI is InChI=1S/C11H22N2O2/c1-11(2,12)8-10(14)13(6-7-15-3)9-4-5-9/h9H,4-8,12H2,1-3H3. The Morgan fingerprint density at radius 3 is 2.53 bits per heavy atom. The Kier molecular flexibility index (Phi) is 4.11. The molecule has 0 spiro atoms. The second-order valence-corrected chi connectivity index (χ2v) is 4.98. The van der Waals surface area contributed by atoms with E-state index in [2.05, 4.69) is 0 Å². The van der Waals surface area contributed by atoms with E-state index in [1.807, 2.05) is 18.7 Å². The first-order valence-electron chi connectivity index (χ1n) is 5.51. The number of methoxy groups -OCH3 is 1. The lowest BCUT2D eigenvalue weighted by atomic mass is 10.0. The first-order chi connectivity index (χ1) is 6.94. The molecule has 0 atom stereocenters. The van der Waals surface area contributed by atoms with Crippen LogP contribution in [0.1, 0.15) is 33.1 Å². The molecule has 0 unspecified atom stereocenters. The van der Waals surface area contributed by atoms with Gasteiger partial charge in [0.1, 0.15) is 0 Å². The Labute approximate surface area is 91.8 Å². The summed E-state index contributed by atoms with van der Waals surface area (Å²) < 4.78 is 5.01. The number of hydrogen-bond donors (Lipinski definition) is 1. The highest BCUT2D eigenvalue weighted by atomic mass is 16.5. The molecule has 0 heterocycles. The maximum Gasteiger partial charge on any atom is 0.224 e. The molecule has 0 aromatic heterocycles. The lowest BCUT2D eigenvalue weighted by Gasteiger charge is -2.26. The summed E-state index contributed by atoms with van der Waals surface area (Å²) in [5.41, 5.74) is 5.43. The minimum atomic E-state index is -0.419. The van der Waals surface area contributed by atoms with Crippen molar-refractivity contribution < 1.29 is 9.53 Å². The average molecular weight is 214 g/mol. The summed E-state index contributed by atoms with van der Waals surface area (Å²) in [5.74, 6) is 0.155. The summed E-state index contributed by atoms with van der Waals surface area (Å²) >= 11 is 0. The first-order valence-corrected chi connectivity index (χ1v) is 5.51. The zero-order valence-electron chi connectivity index (χ0n) is 9.95. The van der Waals surface area contributed by atoms with Crippen molar-refractivity contribution in [1.29, 1.82) is 0 Å². The molecule has 0 radical (unpaired) electrons. The Bertz CT molecular complexity index is 219. The van der Waals surface area contributed by atoms with Gasteiger partial charge in [0.15, 0.2) is 0 Å². The molecule has 4 nitrogen and oxygen atoms in total. The van der Waals surface area contributed by atoms with E-state index in [1.54, 1.807) is 7.11 Å². The van der Waals surface area contributed by atoms with Crippen LogP contribution in [0.5, 0.6) is 0 Å². The van der Waals surface area contributed by atoms with E-state index in [9.17, 15) is 4.79 Å². The normalized spacial score (nSPS) is 16.5. The minimum Gasteiger partial charge on any atom is -0.383 e. The molecule has 15 heavy (non-hydrogen) atoms. The Morgan fingerprint density at radius 2 is 2.13 bits per heavy atom. The number of nitrogens with two attached hydrogens (primary N) is 1. The molecule has 0 bridgehead atoms. The van der Waals surface area contributed by atoms with Gasteiger partial charge in [0, 0.05) is 31.7 Å². The largest absolute Gasteiger partial charge is 0.383 e. The molecule has 1 aliphatic rings. The second-order valence-electron chi connectivity index (χ2n) is 4.98. The van der Waals surface area contributed by atoms with Crippen LogP contribution in [-0.2, 0) is 9.53 Å². The van der Waals surface area contributed by atoms with Crippen LogP contribution in [0.3, 0.4) is 0 Å². The van der Waals surface area contributed by atoms with Crippen LogP contribution in [0, 0.1) is 0 Å². The molecule has 2 N–H and O–H groups in total. The molecule has 1 fully saturated rings. The van der Waals surface area contributed by atoms with Gasteiger partial charge in [-0.25, -0.2) is 0 Å². The third-order valence-electron chi connectivity index (χ3n) is 2.45. The van der Waals surface area contributed by atoms with Gasteiger partial charge in [0.2, 0.25) is 5.91 Å². The van der Waals surface area contributed by atoms with Gasteiger partial charge in [-0.2, -0.15) is 0 Å². The molecule has 0 aliphatic heterocycles. The molecule has 0 saturated heterocycles. The maximum atomic E-state index is 11.9. The van der Waals surface area contributed by atoms with Crippen molar-refractivity contribution in [3.63, 3.8) is 0 Å². The van der Waals surface area contributed by atoms with Crippen molar-refractivity contribution in [2.24, 2.45) is 5.73 Å². The fourth-order valence-electron chi connectivity index (χ4n) is 1.58. The predicted octanol–water partition coefficient (Wildman–Crippen LogP) is 0.751. The Balaban J connectivity index is 2.44. The summed E-state index contributed by atoms with van der Waals surface area (Å²) in [4.78, 5) is 13.9. The molecule has 0 aromatic rings. The van der Waals surface area contributed by atoms with E-state index in [0.29, 0.717) is 25.6 Å². The molecule has 1 rings (SSSR count). The van der Waals surface area contributed by atoms with Gasteiger partial charge in [0.25, 0.3) is 0 Å². The molecular formula is C11H22N2O2. The third-order valence-corrected chi connectivity index (χ3v) is 2.45. The van der Waals surface area contributed by atoms with Gasteiger partial charge in [-0.15, -0.1) is 0 Å². The lowest BCUT2D eigenvalue weighted by Crippen LogP contribution is -2.43. The van der Waals surface area contributed by atoms with Gasteiger partial charge < -0.3 is 15.4 Å². The quantitative estimate of drug-likeness (QED) is 0.710. The summed E-state index contributed by atoms with van der Waals surface area (Å²) in [6.45, 7) is 5.06. The topological polar surface area (TPSA) is 55.6 Å². The summed E-state index contributed by atoms with van der Waals surface area (Å²) in [6, 6.07) is 0.440. The summed E-state index contributed by atoms with van der Waals surface area (Å²) in [5, 5.41) is 0. The zero-order chi connectivity index (χ0) is 11.5. The highest BCUT2D eigenvalue weighted by Crippen LogP contribution is 2.27. The van der Waals surface area contributed by atoms with Crippen LogP contribution < -0.4 is 5.73 Å². The molecule has 1 saturated carbocycles. The SMILES string of the molecule is COCCN(C(=O)CC(C)(C)N)C1CC1.